The second kappa shape index (κ2) is 7.19. The van der Waals surface area contributed by atoms with Crippen molar-refractivity contribution in [3.63, 3.8) is 0 Å². The first-order valence-electron chi connectivity index (χ1n) is 9.11. The number of primary amides is 1. The molecule has 1 atom stereocenters. The van der Waals surface area contributed by atoms with Crippen LogP contribution < -0.4 is 5.73 Å². The Morgan fingerprint density at radius 3 is 2.70 bits per heavy atom. The predicted octanol–water partition coefficient (Wildman–Crippen LogP) is 2.90. The highest BCUT2D eigenvalue weighted by Crippen LogP contribution is 2.30. The molecule has 0 spiro atoms. The largest absolute Gasteiger partial charge is 0.351 e. The van der Waals surface area contributed by atoms with Crippen molar-refractivity contribution in [3.8, 4) is 17.1 Å². The van der Waals surface area contributed by atoms with Crippen LogP contribution >= 0.6 is 0 Å². The SMILES string of the molecule is Cc1ccccc1-n1nc(-c2ccncc2)nc1C1CCCN(C(N)=O)C1. The molecule has 0 saturated carbocycles. The molecule has 1 aliphatic heterocycles. The average Bonchev–Trinajstić information content (AvgIpc) is 3.14. The van der Waals surface area contributed by atoms with E-state index in [1.165, 1.54) is 0 Å². The minimum Gasteiger partial charge on any atom is -0.351 e. The Kier molecular flexibility index (Phi) is 4.58. The highest BCUT2D eigenvalue weighted by atomic mass is 16.2. The summed E-state index contributed by atoms with van der Waals surface area (Å²) in [6.45, 7) is 3.32. The Labute approximate surface area is 157 Å². The first kappa shape index (κ1) is 17.2. The maximum absolute atomic E-state index is 11.7. The zero-order valence-corrected chi connectivity index (χ0v) is 15.2. The van der Waals surface area contributed by atoms with Crippen LogP contribution in [0.25, 0.3) is 17.1 Å². The summed E-state index contributed by atoms with van der Waals surface area (Å²) < 4.78 is 1.92. The van der Waals surface area contributed by atoms with E-state index in [1.54, 1.807) is 17.3 Å². The number of hydrogen-bond acceptors (Lipinski definition) is 4. The molecule has 1 aromatic carbocycles. The van der Waals surface area contributed by atoms with Crippen LogP contribution in [-0.2, 0) is 0 Å². The highest BCUT2D eigenvalue weighted by Gasteiger charge is 2.28. The molecule has 0 bridgehead atoms. The summed E-state index contributed by atoms with van der Waals surface area (Å²) >= 11 is 0. The number of para-hydroxylation sites is 1. The van der Waals surface area contributed by atoms with E-state index >= 15 is 0 Å². The molecule has 2 N–H and O–H groups in total. The Balaban J connectivity index is 1.80. The van der Waals surface area contributed by atoms with Crippen molar-refractivity contribution in [1.82, 2.24) is 24.6 Å². The Morgan fingerprint density at radius 2 is 1.96 bits per heavy atom. The standard InChI is InChI=1S/C20H22N6O/c1-14-5-2-3-7-17(14)26-19(16-6-4-12-25(13-16)20(21)27)23-18(24-26)15-8-10-22-11-9-15/h2-3,5,7-11,16H,4,6,12-13H2,1H3,(H2,21,27). The van der Waals surface area contributed by atoms with E-state index in [0.29, 0.717) is 18.9 Å². The lowest BCUT2D eigenvalue weighted by Gasteiger charge is -2.31. The molecular formula is C20H22N6O. The topological polar surface area (TPSA) is 89.9 Å². The van der Waals surface area contributed by atoms with Gasteiger partial charge in [-0.05, 0) is 43.5 Å². The fourth-order valence-electron chi connectivity index (χ4n) is 3.58. The fraction of sp³-hybridized carbons (Fsp3) is 0.300. The summed E-state index contributed by atoms with van der Waals surface area (Å²) in [5, 5.41) is 4.80. The minimum atomic E-state index is -0.379. The molecule has 0 radical (unpaired) electrons. The van der Waals surface area contributed by atoms with Crippen LogP contribution in [0.2, 0.25) is 0 Å². The van der Waals surface area contributed by atoms with Gasteiger partial charge in [-0.15, -0.1) is 5.10 Å². The van der Waals surface area contributed by atoms with Gasteiger partial charge in [-0.1, -0.05) is 18.2 Å². The second-order valence-corrected chi connectivity index (χ2v) is 6.85. The molecule has 138 valence electrons. The van der Waals surface area contributed by atoms with Gasteiger partial charge in [-0.3, -0.25) is 4.98 Å². The van der Waals surface area contributed by atoms with Gasteiger partial charge >= 0.3 is 6.03 Å². The van der Waals surface area contributed by atoms with E-state index in [-0.39, 0.29) is 11.9 Å². The van der Waals surface area contributed by atoms with Gasteiger partial charge in [0.15, 0.2) is 5.82 Å². The number of amides is 2. The van der Waals surface area contributed by atoms with E-state index in [9.17, 15) is 4.79 Å². The third kappa shape index (κ3) is 3.40. The Morgan fingerprint density at radius 1 is 1.19 bits per heavy atom. The monoisotopic (exact) mass is 362 g/mol. The number of nitrogens with two attached hydrogens (primary N) is 1. The Bertz CT molecular complexity index is 952. The Hall–Kier alpha value is -3.22. The molecule has 4 rings (SSSR count). The molecule has 3 heterocycles. The summed E-state index contributed by atoms with van der Waals surface area (Å²) in [6.07, 6.45) is 5.32. The lowest BCUT2D eigenvalue weighted by molar-refractivity contribution is 0.187. The van der Waals surface area contributed by atoms with E-state index in [0.717, 1.165) is 35.5 Å². The van der Waals surface area contributed by atoms with Gasteiger partial charge in [0.1, 0.15) is 5.82 Å². The van der Waals surface area contributed by atoms with Crippen LogP contribution in [0.15, 0.2) is 48.8 Å². The summed E-state index contributed by atoms with van der Waals surface area (Å²) in [4.78, 5) is 22.3. The number of pyridine rings is 1. The first-order valence-corrected chi connectivity index (χ1v) is 9.11. The van der Waals surface area contributed by atoms with E-state index < -0.39 is 0 Å². The number of rotatable bonds is 3. The molecule has 7 nitrogen and oxygen atoms in total. The molecule has 2 aromatic heterocycles. The lowest BCUT2D eigenvalue weighted by atomic mass is 9.97. The van der Waals surface area contributed by atoms with E-state index in [1.807, 2.05) is 35.0 Å². The lowest BCUT2D eigenvalue weighted by Crippen LogP contribution is -2.42. The van der Waals surface area contributed by atoms with Gasteiger partial charge in [0, 0.05) is 37.0 Å². The summed E-state index contributed by atoms with van der Waals surface area (Å²) in [7, 11) is 0. The van der Waals surface area contributed by atoms with E-state index in [2.05, 4.69) is 18.0 Å². The molecule has 1 aliphatic rings. The average molecular weight is 362 g/mol. The third-order valence-corrected chi connectivity index (χ3v) is 5.01. The number of piperidine rings is 1. The van der Waals surface area contributed by atoms with Crippen molar-refractivity contribution < 1.29 is 4.79 Å². The van der Waals surface area contributed by atoms with Crippen molar-refractivity contribution >= 4 is 6.03 Å². The first-order chi connectivity index (χ1) is 13.1. The van der Waals surface area contributed by atoms with Gasteiger partial charge < -0.3 is 10.6 Å². The number of nitrogens with zero attached hydrogens (tertiary/aromatic N) is 5. The van der Waals surface area contributed by atoms with Gasteiger partial charge in [-0.2, -0.15) is 0 Å². The molecule has 1 saturated heterocycles. The molecule has 1 unspecified atom stereocenters. The third-order valence-electron chi connectivity index (χ3n) is 5.01. The number of carbonyl (C=O) groups excluding carboxylic acids is 1. The molecule has 2 amide bonds. The number of aromatic nitrogens is 4. The van der Waals surface area contributed by atoms with Crippen LogP contribution in [-0.4, -0.2) is 43.8 Å². The smallest absolute Gasteiger partial charge is 0.314 e. The number of aryl methyl sites for hydroxylation is 1. The number of carbonyl (C=O) groups is 1. The molecular weight excluding hydrogens is 340 g/mol. The minimum absolute atomic E-state index is 0.0916. The quantitative estimate of drug-likeness (QED) is 0.776. The van der Waals surface area contributed by atoms with Crippen molar-refractivity contribution in [2.24, 2.45) is 5.73 Å². The van der Waals surface area contributed by atoms with Crippen LogP contribution in [0.5, 0.6) is 0 Å². The normalized spacial score (nSPS) is 17.1. The van der Waals surface area contributed by atoms with Crippen LogP contribution in [0, 0.1) is 6.92 Å². The van der Waals surface area contributed by atoms with Crippen molar-refractivity contribution in [1.29, 1.82) is 0 Å². The number of likely N-dealkylation sites (tertiary alicyclic amines) is 1. The van der Waals surface area contributed by atoms with Gasteiger partial charge in [0.25, 0.3) is 0 Å². The predicted molar refractivity (Wildman–Crippen MR) is 102 cm³/mol. The maximum Gasteiger partial charge on any atom is 0.314 e. The van der Waals surface area contributed by atoms with Crippen LogP contribution in [0.4, 0.5) is 4.79 Å². The number of benzene rings is 1. The molecule has 27 heavy (non-hydrogen) atoms. The van der Waals surface area contributed by atoms with Crippen LogP contribution in [0.1, 0.15) is 30.1 Å². The molecule has 3 aromatic rings. The maximum atomic E-state index is 11.7. The van der Waals surface area contributed by atoms with Gasteiger partial charge in [-0.25, -0.2) is 14.5 Å². The summed E-state index contributed by atoms with van der Waals surface area (Å²) in [5.74, 6) is 1.61. The number of hydrogen-bond donors (Lipinski definition) is 1. The van der Waals surface area contributed by atoms with E-state index in [4.69, 9.17) is 15.8 Å². The van der Waals surface area contributed by atoms with Crippen LogP contribution in [0.3, 0.4) is 0 Å². The van der Waals surface area contributed by atoms with Gasteiger partial charge in [0.2, 0.25) is 0 Å². The van der Waals surface area contributed by atoms with Crippen molar-refractivity contribution in [2.75, 3.05) is 13.1 Å². The summed E-state index contributed by atoms with van der Waals surface area (Å²) in [6, 6.07) is 11.5. The zero-order chi connectivity index (χ0) is 18.8. The van der Waals surface area contributed by atoms with Crippen molar-refractivity contribution in [2.45, 2.75) is 25.7 Å². The van der Waals surface area contributed by atoms with Crippen molar-refractivity contribution in [3.05, 3.63) is 60.2 Å². The van der Waals surface area contributed by atoms with Gasteiger partial charge in [0.05, 0.1) is 5.69 Å². The molecule has 0 aliphatic carbocycles. The molecule has 7 heteroatoms. The zero-order valence-electron chi connectivity index (χ0n) is 15.2. The molecule has 1 fully saturated rings. The second-order valence-electron chi connectivity index (χ2n) is 6.85. The fourth-order valence-corrected chi connectivity index (χ4v) is 3.58. The highest BCUT2D eigenvalue weighted by molar-refractivity contribution is 5.72. The summed E-state index contributed by atoms with van der Waals surface area (Å²) in [5.41, 5.74) is 8.55. The number of urea groups is 1.